The average Bonchev–Trinajstić information content (AvgIpc) is 3.31. The van der Waals surface area contributed by atoms with Gasteiger partial charge in [0.1, 0.15) is 12.6 Å². The van der Waals surface area contributed by atoms with E-state index in [1.54, 1.807) is 29.2 Å². The van der Waals surface area contributed by atoms with E-state index in [-0.39, 0.29) is 26.5 Å². The molecule has 11 heteroatoms. The van der Waals surface area contributed by atoms with Crippen molar-refractivity contribution in [1.29, 1.82) is 0 Å². The third-order valence-electron chi connectivity index (χ3n) is 5.98. The van der Waals surface area contributed by atoms with E-state index in [1.165, 1.54) is 0 Å². The largest absolute Gasteiger partial charge is 0.443 e. The summed E-state index contributed by atoms with van der Waals surface area (Å²) < 4.78 is 18.7. The normalized spacial score (nSPS) is 14.6. The maximum atomic E-state index is 12.8. The van der Waals surface area contributed by atoms with E-state index in [4.69, 9.17) is 19.9 Å². The van der Waals surface area contributed by atoms with Crippen molar-refractivity contribution in [2.24, 2.45) is 5.73 Å². The number of nitrogens with zero attached hydrogens (tertiary/aromatic N) is 4. The van der Waals surface area contributed by atoms with Crippen molar-refractivity contribution in [3.8, 4) is 0 Å². The molecule has 206 valence electrons. The second-order valence-electron chi connectivity index (χ2n) is 9.67. The second-order valence-corrected chi connectivity index (χ2v) is 9.67. The van der Waals surface area contributed by atoms with Crippen LogP contribution in [0.5, 0.6) is 0 Å². The van der Waals surface area contributed by atoms with Gasteiger partial charge >= 0.3 is 6.09 Å². The van der Waals surface area contributed by atoms with Gasteiger partial charge in [0.15, 0.2) is 11.5 Å². The predicted molar refractivity (Wildman–Crippen MR) is 142 cm³/mol. The van der Waals surface area contributed by atoms with E-state index in [2.05, 4.69) is 15.5 Å². The molecule has 1 aromatic carbocycles. The molecule has 3 heterocycles. The molecule has 1 saturated heterocycles. The molecule has 1 aliphatic rings. The van der Waals surface area contributed by atoms with Crippen LogP contribution in [0.2, 0.25) is 0 Å². The summed E-state index contributed by atoms with van der Waals surface area (Å²) in [6.45, 7) is 7.74. The molecular weight excluding hydrogens is 488 g/mol. The summed E-state index contributed by atoms with van der Waals surface area (Å²) in [5.74, 6) is 0.0968. The van der Waals surface area contributed by atoms with E-state index in [0.29, 0.717) is 50.1 Å². The van der Waals surface area contributed by atoms with Gasteiger partial charge in [-0.15, -0.1) is 10.2 Å². The number of nitrogens with one attached hydrogen (secondary N) is 1. The summed E-state index contributed by atoms with van der Waals surface area (Å²) in [7, 11) is 0. The number of benzene rings is 1. The van der Waals surface area contributed by atoms with E-state index in [0.717, 1.165) is 11.1 Å². The predicted octanol–water partition coefficient (Wildman–Crippen LogP) is 2.75. The maximum absolute atomic E-state index is 12.8. The Morgan fingerprint density at radius 2 is 1.87 bits per heavy atom. The SMILES string of the molecule is C.Cc1cccc(COC[C@@H](NC(=O)C(C)(C)N)c2nnc3cccc(COC(=O)N4CCOCC4)n23)c1. The lowest BCUT2D eigenvalue weighted by molar-refractivity contribution is -0.126. The average molecular weight is 527 g/mol. The molecule has 3 N–H and O–H groups in total. The number of morpholine rings is 1. The van der Waals surface area contributed by atoms with Crippen LogP contribution in [0.25, 0.3) is 5.65 Å². The standard InChI is InChI=1S/C26H34N6O5.CH4/c1-18-6-4-7-19(14-18)15-36-17-21(28-24(33)26(2,3)27)23-30-29-22-9-5-8-20(32(22)23)16-37-25(34)31-10-12-35-13-11-31;/h4-9,14,21H,10-13,15-17,27H2,1-3H3,(H,28,33);1H4/t21-;/m1./s1. The topological polar surface area (TPSA) is 133 Å². The highest BCUT2D eigenvalue weighted by Gasteiger charge is 2.29. The van der Waals surface area contributed by atoms with Crippen LogP contribution >= 0.6 is 0 Å². The van der Waals surface area contributed by atoms with Crippen molar-refractivity contribution in [2.45, 2.75) is 53.0 Å². The molecule has 2 amide bonds. The number of aryl methyl sites for hydroxylation is 1. The highest BCUT2D eigenvalue weighted by Crippen LogP contribution is 2.19. The zero-order chi connectivity index (χ0) is 26.4. The van der Waals surface area contributed by atoms with Crippen LogP contribution in [0.4, 0.5) is 4.79 Å². The Kier molecular flexibility index (Phi) is 9.78. The van der Waals surface area contributed by atoms with Gasteiger partial charge in [0.25, 0.3) is 0 Å². The lowest BCUT2D eigenvalue weighted by Crippen LogP contribution is -2.51. The minimum atomic E-state index is -1.11. The van der Waals surface area contributed by atoms with E-state index in [9.17, 15) is 9.59 Å². The van der Waals surface area contributed by atoms with Gasteiger partial charge in [-0.05, 0) is 38.5 Å². The van der Waals surface area contributed by atoms with E-state index >= 15 is 0 Å². The number of nitrogens with two attached hydrogens (primary N) is 1. The zero-order valence-corrected chi connectivity index (χ0v) is 21.5. The Bertz CT molecular complexity index is 1230. The van der Waals surface area contributed by atoms with Crippen molar-refractivity contribution in [2.75, 3.05) is 32.9 Å². The fourth-order valence-electron chi connectivity index (χ4n) is 3.96. The monoisotopic (exact) mass is 526 g/mol. The molecule has 0 bridgehead atoms. The minimum Gasteiger partial charge on any atom is -0.443 e. The summed E-state index contributed by atoms with van der Waals surface area (Å²) in [5, 5.41) is 11.6. The van der Waals surface area contributed by atoms with Gasteiger partial charge in [-0.25, -0.2) is 4.79 Å². The van der Waals surface area contributed by atoms with Gasteiger partial charge in [0, 0.05) is 13.1 Å². The number of amides is 2. The number of pyridine rings is 1. The molecule has 4 rings (SSSR count). The van der Waals surface area contributed by atoms with Crippen LogP contribution in [-0.4, -0.2) is 69.9 Å². The molecule has 1 atom stereocenters. The number of aromatic nitrogens is 3. The first kappa shape index (κ1) is 29.0. The first-order valence-corrected chi connectivity index (χ1v) is 12.3. The van der Waals surface area contributed by atoms with Crippen LogP contribution in [0.15, 0.2) is 42.5 Å². The minimum absolute atomic E-state index is 0. The van der Waals surface area contributed by atoms with Crippen LogP contribution in [-0.2, 0) is 32.2 Å². The molecule has 2 aromatic heterocycles. The van der Waals surface area contributed by atoms with Gasteiger partial charge in [0.05, 0.1) is 37.7 Å². The maximum Gasteiger partial charge on any atom is 0.410 e. The Hall–Kier alpha value is -3.54. The molecule has 0 spiro atoms. The van der Waals surface area contributed by atoms with Crippen molar-refractivity contribution in [3.63, 3.8) is 0 Å². The van der Waals surface area contributed by atoms with Crippen molar-refractivity contribution >= 4 is 17.6 Å². The summed E-state index contributed by atoms with van der Waals surface area (Å²) in [5.41, 5.74) is 8.31. The highest BCUT2D eigenvalue weighted by atomic mass is 16.6. The number of hydrogen-bond donors (Lipinski definition) is 2. The van der Waals surface area contributed by atoms with Crippen LogP contribution in [0.3, 0.4) is 0 Å². The molecule has 0 aliphatic carbocycles. The second kappa shape index (κ2) is 12.8. The van der Waals surface area contributed by atoms with Gasteiger partial charge in [-0.3, -0.25) is 9.20 Å². The van der Waals surface area contributed by atoms with Crippen LogP contribution in [0.1, 0.15) is 50.0 Å². The van der Waals surface area contributed by atoms with Gasteiger partial charge in [-0.1, -0.05) is 43.3 Å². The number of carbonyl (C=O) groups is 2. The Morgan fingerprint density at radius 3 is 2.58 bits per heavy atom. The summed E-state index contributed by atoms with van der Waals surface area (Å²) >= 11 is 0. The zero-order valence-electron chi connectivity index (χ0n) is 21.5. The molecule has 1 aliphatic heterocycles. The van der Waals surface area contributed by atoms with E-state index < -0.39 is 17.7 Å². The molecule has 0 saturated carbocycles. The molecule has 1 fully saturated rings. The lowest BCUT2D eigenvalue weighted by atomic mass is 10.1. The molecule has 0 radical (unpaired) electrons. The molecule has 11 nitrogen and oxygen atoms in total. The first-order valence-electron chi connectivity index (χ1n) is 12.3. The van der Waals surface area contributed by atoms with Gasteiger partial charge in [-0.2, -0.15) is 0 Å². The fourth-order valence-corrected chi connectivity index (χ4v) is 3.96. The van der Waals surface area contributed by atoms with Crippen LogP contribution in [0, 0.1) is 6.92 Å². The smallest absolute Gasteiger partial charge is 0.410 e. The van der Waals surface area contributed by atoms with Crippen LogP contribution < -0.4 is 11.1 Å². The summed E-state index contributed by atoms with van der Waals surface area (Å²) in [6, 6.07) is 12.8. The van der Waals surface area contributed by atoms with Crippen molar-refractivity contribution < 1.29 is 23.8 Å². The number of rotatable bonds is 9. The van der Waals surface area contributed by atoms with Gasteiger partial charge < -0.3 is 30.2 Å². The quantitative estimate of drug-likeness (QED) is 0.435. The molecular formula is C27H38N6O5. The number of carbonyl (C=O) groups excluding carboxylic acids is 2. The summed E-state index contributed by atoms with van der Waals surface area (Å²) in [6.07, 6.45) is -0.411. The Morgan fingerprint density at radius 1 is 1.13 bits per heavy atom. The third-order valence-corrected chi connectivity index (χ3v) is 5.98. The summed E-state index contributed by atoms with van der Waals surface area (Å²) in [4.78, 5) is 27.0. The number of ether oxygens (including phenoxy) is 3. The Balaban J connectivity index is 0.00000400. The first-order chi connectivity index (χ1) is 17.7. The molecule has 38 heavy (non-hydrogen) atoms. The van der Waals surface area contributed by atoms with Crippen molar-refractivity contribution in [1.82, 2.24) is 24.8 Å². The lowest BCUT2D eigenvalue weighted by Gasteiger charge is -2.26. The number of hydrogen-bond acceptors (Lipinski definition) is 8. The van der Waals surface area contributed by atoms with E-state index in [1.807, 2.05) is 43.3 Å². The Labute approximate surface area is 223 Å². The highest BCUT2D eigenvalue weighted by molar-refractivity contribution is 5.85. The molecule has 0 unspecified atom stereocenters. The third kappa shape index (κ3) is 7.27. The molecule has 3 aromatic rings. The van der Waals surface area contributed by atoms with Gasteiger partial charge in [0.2, 0.25) is 5.91 Å². The van der Waals surface area contributed by atoms with Crippen molar-refractivity contribution in [3.05, 3.63) is 65.1 Å². The number of fused-ring (bicyclic) bond motifs is 1. The fraction of sp³-hybridized carbons (Fsp3) is 0.481.